The van der Waals surface area contributed by atoms with Crippen molar-refractivity contribution in [3.8, 4) is 0 Å². The van der Waals surface area contributed by atoms with Crippen LogP contribution in [0, 0.1) is 40.4 Å². The fourth-order valence-electron chi connectivity index (χ4n) is 8.41. The Morgan fingerprint density at radius 3 is 2.56 bits per heavy atom. The molecule has 0 aromatic heterocycles. The number of fused-ring (bicyclic) bond motifs is 5. The lowest BCUT2D eigenvalue weighted by Gasteiger charge is -2.62. The van der Waals surface area contributed by atoms with Crippen LogP contribution in [0.15, 0.2) is 0 Å². The van der Waals surface area contributed by atoms with E-state index in [1.165, 1.54) is 44.3 Å². The topological polar surface area (TPSA) is 37.3 Å². The van der Waals surface area contributed by atoms with Gasteiger partial charge < -0.3 is 5.11 Å². The van der Waals surface area contributed by atoms with Crippen molar-refractivity contribution in [2.75, 3.05) is 17.3 Å². The second-order valence-electron chi connectivity index (χ2n) is 10.8. The van der Waals surface area contributed by atoms with Crippen molar-refractivity contribution in [1.82, 2.24) is 0 Å². The first-order valence-corrected chi connectivity index (χ1v) is 13.6. The maximum atomic E-state index is 12.6. The zero-order valence-electron chi connectivity index (χ0n) is 17.3. The van der Waals surface area contributed by atoms with E-state index in [1.54, 1.807) is 0 Å². The molecule has 0 aromatic carbocycles. The van der Waals surface area contributed by atoms with Crippen LogP contribution in [-0.2, 0) is 4.79 Å². The van der Waals surface area contributed by atoms with E-state index in [0.29, 0.717) is 22.4 Å². The van der Waals surface area contributed by atoms with Crippen molar-refractivity contribution in [1.29, 1.82) is 0 Å². The maximum absolute atomic E-state index is 12.6. The summed E-state index contributed by atoms with van der Waals surface area (Å²) in [6.45, 7) is 4.51. The van der Waals surface area contributed by atoms with Crippen LogP contribution in [0.2, 0.25) is 0 Å². The van der Waals surface area contributed by atoms with Crippen molar-refractivity contribution < 1.29 is 9.90 Å². The molecule has 27 heavy (non-hydrogen) atoms. The second kappa shape index (κ2) is 7.30. The van der Waals surface area contributed by atoms with Crippen LogP contribution in [0.1, 0.15) is 71.6 Å². The average molecular weight is 458 g/mol. The number of ketones is 1. The molecule has 1 N–H and O–H groups in total. The molecule has 4 aliphatic rings. The Morgan fingerprint density at radius 1 is 1.07 bits per heavy atom. The molecular weight excluding hydrogens is 420 g/mol. The van der Waals surface area contributed by atoms with Gasteiger partial charge >= 0.3 is 0 Å². The van der Waals surface area contributed by atoms with E-state index >= 15 is 0 Å². The molecule has 2 nitrogen and oxygen atoms in total. The summed E-state index contributed by atoms with van der Waals surface area (Å²) in [6, 6.07) is 0. The van der Waals surface area contributed by atoms with Crippen LogP contribution in [-0.4, -0.2) is 33.8 Å². The van der Waals surface area contributed by atoms with Crippen LogP contribution in [0.4, 0.5) is 0 Å². The van der Waals surface area contributed by atoms with Crippen molar-refractivity contribution in [3.63, 3.8) is 0 Å². The Balaban J connectivity index is 1.63. The third kappa shape index (κ3) is 3.19. The standard InChI is InChI=1S/C23H37BrO2S/c1-21(26)10-11-23(14-27-3)15(12-21)4-5-16-17-6-7-19(20(25)13-24)22(17,2)9-8-18(16)23/h15-19,26H,4-14H2,1-3H3/t15-,16+,17+,18+,19-,21-,22+,23-/m1/s1. The molecule has 154 valence electrons. The van der Waals surface area contributed by atoms with Gasteiger partial charge in [-0.2, -0.15) is 11.8 Å². The Labute approximate surface area is 178 Å². The van der Waals surface area contributed by atoms with Crippen molar-refractivity contribution in [3.05, 3.63) is 0 Å². The SMILES string of the molecule is CSC[C@]12CC[C@@](C)(O)C[C@H]1CC[C@H]1[C@@H]3CC[C@H](C(=O)CBr)[C@@]3(C)CC[C@@H]12. The highest BCUT2D eigenvalue weighted by atomic mass is 79.9. The molecule has 0 unspecified atom stereocenters. The Hall–Kier alpha value is 0.460. The van der Waals surface area contributed by atoms with Gasteiger partial charge in [0.1, 0.15) is 5.78 Å². The van der Waals surface area contributed by atoms with Gasteiger partial charge in [-0.05, 0) is 111 Å². The lowest BCUT2D eigenvalue weighted by Crippen LogP contribution is -2.57. The molecule has 8 atom stereocenters. The quantitative estimate of drug-likeness (QED) is 0.550. The van der Waals surface area contributed by atoms with Gasteiger partial charge in [-0.3, -0.25) is 4.79 Å². The van der Waals surface area contributed by atoms with Crippen LogP contribution in [0.3, 0.4) is 0 Å². The highest BCUT2D eigenvalue weighted by Gasteiger charge is 2.62. The van der Waals surface area contributed by atoms with E-state index in [4.69, 9.17) is 0 Å². The molecule has 0 spiro atoms. The first-order valence-electron chi connectivity index (χ1n) is 11.1. The molecule has 0 aliphatic heterocycles. The number of thioether (sulfide) groups is 1. The molecule has 0 amide bonds. The number of carbonyl (C=O) groups is 1. The molecule has 0 radical (unpaired) electrons. The number of hydrogen-bond donors (Lipinski definition) is 1. The predicted octanol–water partition coefficient (Wildman–Crippen LogP) is 5.70. The lowest BCUT2D eigenvalue weighted by molar-refractivity contribution is -0.148. The summed E-state index contributed by atoms with van der Waals surface area (Å²) in [7, 11) is 0. The molecule has 0 heterocycles. The molecule has 0 saturated heterocycles. The number of hydrogen-bond acceptors (Lipinski definition) is 3. The highest BCUT2D eigenvalue weighted by molar-refractivity contribution is 9.09. The van der Waals surface area contributed by atoms with Crippen molar-refractivity contribution in [2.24, 2.45) is 40.4 Å². The number of rotatable bonds is 4. The van der Waals surface area contributed by atoms with E-state index < -0.39 is 5.60 Å². The van der Waals surface area contributed by atoms with Crippen LogP contribution in [0.5, 0.6) is 0 Å². The fourth-order valence-corrected chi connectivity index (χ4v) is 9.93. The minimum atomic E-state index is -0.455. The van der Waals surface area contributed by atoms with Gasteiger partial charge in [0.25, 0.3) is 0 Å². The number of halogens is 1. The first-order chi connectivity index (χ1) is 12.8. The van der Waals surface area contributed by atoms with Crippen molar-refractivity contribution >= 4 is 33.5 Å². The molecule has 4 aliphatic carbocycles. The zero-order chi connectivity index (χ0) is 19.4. The molecule has 4 heteroatoms. The summed E-state index contributed by atoms with van der Waals surface area (Å²) >= 11 is 5.48. The van der Waals surface area contributed by atoms with Gasteiger partial charge in [-0.1, -0.05) is 22.9 Å². The normalized spacial score (nSPS) is 52.0. The van der Waals surface area contributed by atoms with Crippen molar-refractivity contribution in [2.45, 2.75) is 77.2 Å². The van der Waals surface area contributed by atoms with Gasteiger partial charge in [0, 0.05) is 5.92 Å². The molecule has 4 rings (SSSR count). The monoisotopic (exact) mass is 456 g/mol. The zero-order valence-corrected chi connectivity index (χ0v) is 19.7. The summed E-state index contributed by atoms with van der Waals surface area (Å²) < 4.78 is 0. The third-order valence-electron chi connectivity index (χ3n) is 9.59. The molecular formula is C23H37BrO2S. The summed E-state index contributed by atoms with van der Waals surface area (Å²) in [4.78, 5) is 12.6. The Bertz CT molecular complexity index is 593. The minimum Gasteiger partial charge on any atom is -0.390 e. The number of alkyl halides is 1. The number of Topliss-reactive ketones (excluding diaryl/α,β-unsaturated/α-hetero) is 1. The number of aliphatic hydroxyl groups is 1. The van der Waals surface area contributed by atoms with Gasteiger partial charge in [0.2, 0.25) is 0 Å². The van der Waals surface area contributed by atoms with E-state index in [1.807, 2.05) is 11.8 Å². The average Bonchev–Trinajstić information content (AvgIpc) is 2.98. The van der Waals surface area contributed by atoms with Gasteiger partial charge in [-0.15, -0.1) is 0 Å². The van der Waals surface area contributed by atoms with Gasteiger partial charge in [0.15, 0.2) is 0 Å². The smallest absolute Gasteiger partial charge is 0.147 e. The minimum absolute atomic E-state index is 0.236. The lowest BCUT2D eigenvalue weighted by atomic mass is 9.44. The van der Waals surface area contributed by atoms with E-state index in [-0.39, 0.29) is 11.3 Å². The molecule has 4 saturated carbocycles. The van der Waals surface area contributed by atoms with E-state index in [2.05, 4.69) is 36.0 Å². The largest absolute Gasteiger partial charge is 0.390 e. The van der Waals surface area contributed by atoms with Crippen LogP contribution in [0.25, 0.3) is 0 Å². The molecule has 0 aromatic rings. The Morgan fingerprint density at radius 2 is 1.85 bits per heavy atom. The van der Waals surface area contributed by atoms with Gasteiger partial charge in [-0.25, -0.2) is 0 Å². The highest BCUT2D eigenvalue weighted by Crippen LogP contribution is 2.68. The van der Waals surface area contributed by atoms with Crippen LogP contribution < -0.4 is 0 Å². The maximum Gasteiger partial charge on any atom is 0.147 e. The van der Waals surface area contributed by atoms with E-state index in [0.717, 1.165) is 37.0 Å². The second-order valence-corrected chi connectivity index (χ2v) is 12.2. The first kappa shape index (κ1) is 20.7. The molecule has 4 fully saturated rings. The number of carbonyl (C=O) groups excluding carboxylic acids is 1. The van der Waals surface area contributed by atoms with Crippen LogP contribution >= 0.6 is 27.7 Å². The molecule has 0 bridgehead atoms. The predicted molar refractivity (Wildman–Crippen MR) is 117 cm³/mol. The summed E-state index contributed by atoms with van der Waals surface area (Å²) in [5.74, 6) is 5.05. The summed E-state index contributed by atoms with van der Waals surface area (Å²) in [6.07, 6.45) is 13.0. The Kier molecular flexibility index (Phi) is 5.61. The summed E-state index contributed by atoms with van der Waals surface area (Å²) in [5, 5.41) is 11.3. The third-order valence-corrected chi connectivity index (χ3v) is 11.0. The fraction of sp³-hybridized carbons (Fsp3) is 0.957. The van der Waals surface area contributed by atoms with E-state index in [9.17, 15) is 9.90 Å². The van der Waals surface area contributed by atoms with Gasteiger partial charge in [0.05, 0.1) is 10.9 Å². The summed E-state index contributed by atoms with van der Waals surface area (Å²) in [5.41, 5.74) is 0.215.